The Hall–Kier alpha value is -1.78. The quantitative estimate of drug-likeness (QED) is 0.785. The first-order valence-corrected chi connectivity index (χ1v) is 4.58. The van der Waals surface area contributed by atoms with E-state index in [1.54, 1.807) is 19.1 Å². The molecule has 0 aliphatic rings. The van der Waals surface area contributed by atoms with Crippen LogP contribution in [0, 0.1) is 12.7 Å². The van der Waals surface area contributed by atoms with Crippen LogP contribution >= 0.6 is 0 Å². The fourth-order valence-electron chi connectivity index (χ4n) is 1.55. The summed E-state index contributed by atoms with van der Waals surface area (Å²) in [5.74, 6) is -1.00. The second-order valence-electron chi connectivity index (χ2n) is 3.28. The van der Waals surface area contributed by atoms with Gasteiger partial charge in [0.1, 0.15) is 5.82 Å². The predicted molar refractivity (Wildman–Crippen MR) is 53.1 cm³/mol. The van der Waals surface area contributed by atoms with E-state index < -0.39 is 12.4 Å². The molecule has 16 heavy (non-hydrogen) atoms. The Labute approximate surface area is 89.7 Å². The molecule has 0 bridgehead atoms. The maximum absolute atomic E-state index is 13.5. The fourth-order valence-corrected chi connectivity index (χ4v) is 1.55. The number of nitrogens with zero attached hydrogens (tertiary/aromatic N) is 1. The van der Waals surface area contributed by atoms with Crippen LogP contribution in [0.5, 0.6) is 5.88 Å². The summed E-state index contributed by atoms with van der Waals surface area (Å²) in [5, 5.41) is 0.508. The first-order chi connectivity index (χ1) is 7.59. The van der Waals surface area contributed by atoms with Crippen molar-refractivity contribution in [2.45, 2.75) is 13.5 Å². The number of alkyl halides is 2. The number of aryl methyl sites for hydroxylation is 1. The zero-order valence-electron chi connectivity index (χ0n) is 8.38. The van der Waals surface area contributed by atoms with E-state index in [4.69, 9.17) is 0 Å². The van der Waals surface area contributed by atoms with Crippen LogP contribution < -0.4 is 4.74 Å². The summed E-state index contributed by atoms with van der Waals surface area (Å²) in [6.07, 6.45) is 1.31. The molecule has 1 aromatic carbocycles. The normalized spacial score (nSPS) is 11.1. The molecule has 0 aliphatic carbocycles. The smallest absolute Gasteiger partial charge is 0.388 e. The van der Waals surface area contributed by atoms with Gasteiger partial charge in [-0.1, -0.05) is 6.07 Å². The molecule has 0 fully saturated rings. The van der Waals surface area contributed by atoms with Crippen LogP contribution in [0.25, 0.3) is 10.8 Å². The summed E-state index contributed by atoms with van der Waals surface area (Å²) in [7, 11) is 0. The summed E-state index contributed by atoms with van der Waals surface area (Å²) >= 11 is 0. The first-order valence-electron chi connectivity index (χ1n) is 4.58. The van der Waals surface area contributed by atoms with E-state index in [1.807, 2.05) is 0 Å². The number of fused-ring (bicyclic) bond motifs is 1. The minimum Gasteiger partial charge on any atom is -0.416 e. The molecule has 0 spiro atoms. The minimum absolute atomic E-state index is 0.0113. The molecule has 0 amide bonds. The SMILES string of the molecule is Cc1ccc(F)c2c(OC(F)F)nccc12. The molecule has 2 rings (SSSR count). The lowest BCUT2D eigenvalue weighted by Crippen LogP contribution is -2.04. The summed E-state index contributed by atoms with van der Waals surface area (Å²) in [4.78, 5) is 3.61. The zero-order chi connectivity index (χ0) is 11.7. The van der Waals surface area contributed by atoms with Crippen molar-refractivity contribution in [2.75, 3.05) is 0 Å². The average molecular weight is 227 g/mol. The Kier molecular flexibility index (Phi) is 2.68. The van der Waals surface area contributed by atoms with Crippen molar-refractivity contribution in [2.24, 2.45) is 0 Å². The molecule has 84 valence electrons. The van der Waals surface area contributed by atoms with E-state index in [9.17, 15) is 13.2 Å². The highest BCUT2D eigenvalue weighted by Crippen LogP contribution is 2.29. The Morgan fingerprint density at radius 2 is 2.00 bits per heavy atom. The summed E-state index contributed by atoms with van der Waals surface area (Å²) in [6.45, 7) is -1.26. The number of ether oxygens (including phenoxy) is 1. The number of pyridine rings is 1. The number of halogens is 3. The van der Waals surface area contributed by atoms with Crippen molar-refractivity contribution in [1.29, 1.82) is 0 Å². The second kappa shape index (κ2) is 4.00. The lowest BCUT2D eigenvalue weighted by molar-refractivity contribution is -0.0517. The van der Waals surface area contributed by atoms with Gasteiger partial charge in [0.2, 0.25) is 5.88 Å². The van der Waals surface area contributed by atoms with Gasteiger partial charge in [-0.15, -0.1) is 0 Å². The number of hydrogen-bond donors (Lipinski definition) is 0. The van der Waals surface area contributed by atoms with E-state index in [1.165, 1.54) is 12.3 Å². The third kappa shape index (κ3) is 1.80. The van der Waals surface area contributed by atoms with Gasteiger partial charge in [0.05, 0.1) is 5.39 Å². The zero-order valence-corrected chi connectivity index (χ0v) is 8.38. The molecule has 0 atom stereocenters. The van der Waals surface area contributed by atoms with Gasteiger partial charge in [-0.05, 0) is 30.0 Å². The highest BCUT2D eigenvalue weighted by Gasteiger charge is 2.14. The standard InChI is InChI=1S/C11H8F3NO/c1-6-2-3-8(12)9-7(6)4-5-15-10(9)16-11(13)14/h2-5,11H,1H3. The van der Waals surface area contributed by atoms with Gasteiger partial charge in [-0.2, -0.15) is 8.78 Å². The Bertz CT molecular complexity index is 528. The van der Waals surface area contributed by atoms with Crippen molar-refractivity contribution in [3.8, 4) is 5.88 Å². The molecular weight excluding hydrogens is 219 g/mol. The molecule has 0 aliphatic heterocycles. The number of aromatic nitrogens is 1. The minimum atomic E-state index is -3.02. The van der Waals surface area contributed by atoms with Crippen molar-refractivity contribution < 1.29 is 17.9 Å². The van der Waals surface area contributed by atoms with Crippen LogP contribution in [-0.2, 0) is 0 Å². The number of benzene rings is 1. The van der Waals surface area contributed by atoms with Crippen molar-refractivity contribution in [3.05, 3.63) is 35.8 Å². The van der Waals surface area contributed by atoms with Gasteiger partial charge < -0.3 is 4.74 Å². The largest absolute Gasteiger partial charge is 0.416 e. The van der Waals surface area contributed by atoms with E-state index in [0.29, 0.717) is 5.39 Å². The van der Waals surface area contributed by atoms with E-state index >= 15 is 0 Å². The summed E-state index contributed by atoms with van der Waals surface area (Å²) in [6, 6.07) is 4.34. The predicted octanol–water partition coefficient (Wildman–Crippen LogP) is 3.28. The Morgan fingerprint density at radius 1 is 1.25 bits per heavy atom. The van der Waals surface area contributed by atoms with E-state index in [0.717, 1.165) is 5.56 Å². The molecule has 5 heteroatoms. The number of rotatable bonds is 2. The van der Waals surface area contributed by atoms with Crippen LogP contribution in [0.1, 0.15) is 5.56 Å². The van der Waals surface area contributed by atoms with Gasteiger partial charge in [0, 0.05) is 6.20 Å². The Morgan fingerprint density at radius 3 is 2.69 bits per heavy atom. The van der Waals surface area contributed by atoms with Crippen LogP contribution in [0.2, 0.25) is 0 Å². The van der Waals surface area contributed by atoms with Gasteiger partial charge in [0.15, 0.2) is 0 Å². The molecule has 0 radical (unpaired) electrons. The molecule has 2 nitrogen and oxygen atoms in total. The second-order valence-corrected chi connectivity index (χ2v) is 3.28. The van der Waals surface area contributed by atoms with E-state index in [-0.39, 0.29) is 11.3 Å². The van der Waals surface area contributed by atoms with Crippen molar-refractivity contribution in [1.82, 2.24) is 4.98 Å². The molecule has 1 aromatic heterocycles. The lowest BCUT2D eigenvalue weighted by Gasteiger charge is -2.08. The first kappa shape index (κ1) is 10.7. The van der Waals surface area contributed by atoms with Gasteiger partial charge in [-0.25, -0.2) is 9.37 Å². The molecule has 0 N–H and O–H groups in total. The Balaban J connectivity index is 2.71. The topological polar surface area (TPSA) is 22.1 Å². The van der Waals surface area contributed by atoms with Crippen LogP contribution in [-0.4, -0.2) is 11.6 Å². The maximum Gasteiger partial charge on any atom is 0.388 e. The fraction of sp³-hybridized carbons (Fsp3) is 0.182. The third-order valence-corrected chi connectivity index (χ3v) is 2.26. The molecule has 0 saturated carbocycles. The average Bonchev–Trinajstić information content (AvgIpc) is 2.23. The van der Waals surface area contributed by atoms with Crippen molar-refractivity contribution >= 4 is 10.8 Å². The van der Waals surface area contributed by atoms with Gasteiger partial charge in [-0.3, -0.25) is 0 Å². The molecule has 2 aromatic rings. The highest BCUT2D eigenvalue weighted by molar-refractivity contribution is 5.89. The molecule has 0 unspecified atom stereocenters. The third-order valence-electron chi connectivity index (χ3n) is 2.26. The van der Waals surface area contributed by atoms with E-state index in [2.05, 4.69) is 9.72 Å². The summed E-state index contributed by atoms with van der Waals surface area (Å²) in [5.41, 5.74) is 0.776. The molecule has 1 heterocycles. The van der Waals surface area contributed by atoms with Crippen LogP contribution in [0.15, 0.2) is 24.4 Å². The summed E-state index contributed by atoms with van der Waals surface area (Å²) < 4.78 is 41.9. The van der Waals surface area contributed by atoms with Gasteiger partial charge >= 0.3 is 6.61 Å². The number of hydrogen-bond acceptors (Lipinski definition) is 2. The lowest BCUT2D eigenvalue weighted by atomic mass is 10.1. The maximum atomic E-state index is 13.5. The highest BCUT2D eigenvalue weighted by atomic mass is 19.3. The van der Waals surface area contributed by atoms with Crippen LogP contribution in [0.3, 0.4) is 0 Å². The molecular formula is C11H8F3NO. The van der Waals surface area contributed by atoms with Crippen molar-refractivity contribution in [3.63, 3.8) is 0 Å². The molecule has 0 saturated heterocycles. The monoisotopic (exact) mass is 227 g/mol. The van der Waals surface area contributed by atoms with Crippen LogP contribution in [0.4, 0.5) is 13.2 Å². The van der Waals surface area contributed by atoms with Gasteiger partial charge in [0.25, 0.3) is 0 Å².